The molecule has 2 unspecified atom stereocenters. The van der Waals surface area contributed by atoms with Gasteiger partial charge in [-0.1, -0.05) is 0 Å². The molecule has 1 aliphatic carbocycles. The van der Waals surface area contributed by atoms with Gasteiger partial charge in [-0.25, -0.2) is 0 Å². The van der Waals surface area contributed by atoms with Gasteiger partial charge in [-0.3, -0.25) is 4.79 Å². The molecule has 70 valence electrons. The molecular formula is C8H15NO3. The van der Waals surface area contributed by atoms with Crippen LogP contribution >= 0.6 is 0 Å². The molecule has 2 atom stereocenters. The van der Waals surface area contributed by atoms with Crippen LogP contribution in [-0.2, 0) is 4.79 Å². The second-order valence-corrected chi connectivity index (χ2v) is 3.35. The van der Waals surface area contributed by atoms with Crippen molar-refractivity contribution in [2.45, 2.75) is 31.5 Å². The van der Waals surface area contributed by atoms with Crippen molar-refractivity contribution in [3.05, 3.63) is 0 Å². The van der Waals surface area contributed by atoms with Gasteiger partial charge in [0.1, 0.15) is 0 Å². The van der Waals surface area contributed by atoms with Crippen LogP contribution in [0.4, 0.5) is 0 Å². The van der Waals surface area contributed by atoms with Gasteiger partial charge in [0.2, 0.25) is 5.91 Å². The molecule has 0 aliphatic heterocycles. The predicted molar refractivity (Wildman–Crippen MR) is 43.4 cm³/mol. The number of aliphatic hydroxyl groups excluding tert-OH is 2. The van der Waals surface area contributed by atoms with Crippen LogP contribution in [-0.4, -0.2) is 35.4 Å². The quantitative estimate of drug-likeness (QED) is 0.515. The minimum atomic E-state index is -0.639. The normalized spacial score (nSPS) is 35.1. The van der Waals surface area contributed by atoms with E-state index in [2.05, 4.69) is 5.32 Å². The Labute approximate surface area is 71.6 Å². The van der Waals surface area contributed by atoms with Gasteiger partial charge in [0.15, 0.2) is 0 Å². The summed E-state index contributed by atoms with van der Waals surface area (Å²) >= 11 is 0. The van der Waals surface area contributed by atoms with Gasteiger partial charge >= 0.3 is 0 Å². The summed E-state index contributed by atoms with van der Waals surface area (Å²) < 4.78 is 0. The number of aliphatic hydroxyl groups is 2. The number of hydrogen-bond donors (Lipinski definition) is 3. The number of amides is 1. The zero-order chi connectivity index (χ0) is 9.14. The first-order valence-corrected chi connectivity index (χ1v) is 4.20. The number of rotatable bonds is 2. The second-order valence-electron chi connectivity index (χ2n) is 3.35. The molecule has 1 saturated carbocycles. The lowest BCUT2D eigenvalue weighted by atomic mass is 10.0. The number of carbonyl (C=O) groups is 1. The Morgan fingerprint density at radius 2 is 1.92 bits per heavy atom. The Balaban J connectivity index is 2.32. The lowest BCUT2D eigenvalue weighted by Crippen LogP contribution is -2.20. The molecule has 0 heterocycles. The standard InChI is InChI=1S/C8H15NO3/c1-9-8(12)4-5-2-6(10)7(11)3-5/h5-7,10-11H,2-4H2,1H3,(H,9,12). The fourth-order valence-corrected chi connectivity index (χ4v) is 1.62. The van der Waals surface area contributed by atoms with Crippen LogP contribution in [0.5, 0.6) is 0 Å². The van der Waals surface area contributed by atoms with Crippen LogP contribution in [0.2, 0.25) is 0 Å². The lowest BCUT2D eigenvalue weighted by molar-refractivity contribution is -0.121. The SMILES string of the molecule is CNC(=O)CC1CC(O)C(O)C1. The third-order valence-electron chi connectivity index (χ3n) is 2.35. The van der Waals surface area contributed by atoms with Crippen LogP contribution in [0.3, 0.4) is 0 Å². The summed E-state index contributed by atoms with van der Waals surface area (Å²) in [6.45, 7) is 0. The molecule has 1 rings (SSSR count). The van der Waals surface area contributed by atoms with E-state index in [0.29, 0.717) is 19.3 Å². The summed E-state index contributed by atoms with van der Waals surface area (Å²) in [5, 5.41) is 20.9. The maximum atomic E-state index is 10.9. The second kappa shape index (κ2) is 3.87. The first-order chi connectivity index (χ1) is 5.63. The zero-order valence-corrected chi connectivity index (χ0v) is 7.16. The summed E-state index contributed by atoms with van der Waals surface area (Å²) in [6, 6.07) is 0. The minimum Gasteiger partial charge on any atom is -0.390 e. The molecule has 0 aromatic rings. The Bertz CT molecular complexity index is 162. The summed E-state index contributed by atoms with van der Waals surface area (Å²) in [4.78, 5) is 10.9. The van der Waals surface area contributed by atoms with Crippen LogP contribution < -0.4 is 5.32 Å². The molecule has 1 amide bonds. The van der Waals surface area contributed by atoms with Gasteiger partial charge in [-0.15, -0.1) is 0 Å². The molecule has 1 fully saturated rings. The molecule has 1 aliphatic rings. The van der Waals surface area contributed by atoms with Crippen molar-refractivity contribution in [2.24, 2.45) is 5.92 Å². The van der Waals surface area contributed by atoms with E-state index >= 15 is 0 Å². The van der Waals surface area contributed by atoms with Crippen LogP contribution in [0.1, 0.15) is 19.3 Å². The van der Waals surface area contributed by atoms with E-state index in [1.165, 1.54) is 0 Å². The van der Waals surface area contributed by atoms with Crippen molar-refractivity contribution in [1.82, 2.24) is 5.32 Å². The van der Waals surface area contributed by atoms with Gasteiger partial charge in [0.05, 0.1) is 12.2 Å². The summed E-state index contributed by atoms with van der Waals surface area (Å²) in [5.74, 6) is 0.108. The largest absolute Gasteiger partial charge is 0.390 e. The van der Waals surface area contributed by atoms with Gasteiger partial charge in [0.25, 0.3) is 0 Å². The minimum absolute atomic E-state index is 0.0266. The molecule has 4 heteroatoms. The van der Waals surface area contributed by atoms with Gasteiger partial charge in [0, 0.05) is 13.5 Å². The molecule has 0 saturated heterocycles. The van der Waals surface area contributed by atoms with E-state index in [0.717, 1.165) is 0 Å². The van der Waals surface area contributed by atoms with Crippen molar-refractivity contribution in [2.75, 3.05) is 7.05 Å². The van der Waals surface area contributed by atoms with Crippen molar-refractivity contribution >= 4 is 5.91 Å². The molecule has 0 radical (unpaired) electrons. The zero-order valence-electron chi connectivity index (χ0n) is 7.16. The van der Waals surface area contributed by atoms with E-state index < -0.39 is 12.2 Å². The highest BCUT2D eigenvalue weighted by Crippen LogP contribution is 2.28. The van der Waals surface area contributed by atoms with E-state index in [9.17, 15) is 15.0 Å². The highest BCUT2D eigenvalue weighted by atomic mass is 16.3. The lowest BCUT2D eigenvalue weighted by Gasteiger charge is -2.06. The van der Waals surface area contributed by atoms with E-state index in [4.69, 9.17) is 0 Å². The molecule has 0 bridgehead atoms. The Morgan fingerprint density at radius 1 is 1.42 bits per heavy atom. The Morgan fingerprint density at radius 3 is 2.33 bits per heavy atom. The summed E-state index contributed by atoms with van der Waals surface area (Å²) in [5.41, 5.74) is 0. The third kappa shape index (κ3) is 2.19. The predicted octanol–water partition coefficient (Wildman–Crippen LogP) is -0.746. The first kappa shape index (κ1) is 9.48. The molecule has 0 spiro atoms. The molecule has 0 aromatic carbocycles. The number of nitrogens with one attached hydrogen (secondary N) is 1. The van der Waals surface area contributed by atoms with Crippen molar-refractivity contribution in [3.63, 3.8) is 0 Å². The van der Waals surface area contributed by atoms with Gasteiger partial charge in [-0.2, -0.15) is 0 Å². The van der Waals surface area contributed by atoms with Crippen LogP contribution in [0, 0.1) is 5.92 Å². The highest BCUT2D eigenvalue weighted by molar-refractivity contribution is 5.75. The van der Waals surface area contributed by atoms with Crippen molar-refractivity contribution in [3.8, 4) is 0 Å². The monoisotopic (exact) mass is 173 g/mol. The average molecular weight is 173 g/mol. The fraction of sp³-hybridized carbons (Fsp3) is 0.875. The Hall–Kier alpha value is -0.610. The Kier molecular flexibility index (Phi) is 3.05. The number of carbonyl (C=O) groups excluding carboxylic acids is 1. The van der Waals surface area contributed by atoms with E-state index in [-0.39, 0.29) is 11.8 Å². The average Bonchev–Trinajstić information content (AvgIpc) is 2.31. The summed E-state index contributed by atoms with van der Waals surface area (Å²) in [6.07, 6.45) is 0.202. The molecule has 3 N–H and O–H groups in total. The smallest absolute Gasteiger partial charge is 0.220 e. The molecule has 4 nitrogen and oxygen atoms in total. The fourth-order valence-electron chi connectivity index (χ4n) is 1.62. The maximum absolute atomic E-state index is 10.9. The molecule has 0 aromatic heterocycles. The highest BCUT2D eigenvalue weighted by Gasteiger charge is 2.32. The van der Waals surface area contributed by atoms with Crippen molar-refractivity contribution < 1.29 is 15.0 Å². The van der Waals surface area contributed by atoms with E-state index in [1.807, 2.05) is 0 Å². The van der Waals surface area contributed by atoms with Crippen LogP contribution in [0.15, 0.2) is 0 Å². The maximum Gasteiger partial charge on any atom is 0.220 e. The number of hydrogen-bond acceptors (Lipinski definition) is 3. The topological polar surface area (TPSA) is 69.6 Å². The van der Waals surface area contributed by atoms with E-state index in [1.54, 1.807) is 7.05 Å². The molecular weight excluding hydrogens is 158 g/mol. The van der Waals surface area contributed by atoms with Gasteiger partial charge < -0.3 is 15.5 Å². The van der Waals surface area contributed by atoms with Crippen LogP contribution in [0.25, 0.3) is 0 Å². The first-order valence-electron chi connectivity index (χ1n) is 4.20. The van der Waals surface area contributed by atoms with Crippen molar-refractivity contribution in [1.29, 1.82) is 0 Å². The van der Waals surface area contributed by atoms with Gasteiger partial charge in [-0.05, 0) is 18.8 Å². The summed E-state index contributed by atoms with van der Waals surface area (Å²) in [7, 11) is 1.59. The third-order valence-corrected chi connectivity index (χ3v) is 2.35. The molecule has 12 heavy (non-hydrogen) atoms.